The van der Waals surface area contributed by atoms with E-state index in [4.69, 9.17) is 4.74 Å². The van der Waals surface area contributed by atoms with E-state index in [0.29, 0.717) is 17.9 Å². The summed E-state index contributed by atoms with van der Waals surface area (Å²) in [6.07, 6.45) is 0. The molecule has 6 heteroatoms. The van der Waals surface area contributed by atoms with E-state index in [2.05, 4.69) is 21.2 Å². The molecule has 0 fully saturated rings. The van der Waals surface area contributed by atoms with Crippen LogP contribution in [-0.4, -0.2) is 18.2 Å². The molecular formula is C14H14BrNO3S. The Bertz CT molecular complexity index is 586. The summed E-state index contributed by atoms with van der Waals surface area (Å²) in [4.78, 5) is 12.5. The first-order chi connectivity index (χ1) is 9.61. The van der Waals surface area contributed by atoms with Crippen LogP contribution >= 0.6 is 27.3 Å². The molecular weight excluding hydrogens is 342 g/mol. The fraction of sp³-hybridized carbons (Fsp3) is 0.214. The predicted molar refractivity (Wildman–Crippen MR) is 82.2 cm³/mol. The number of methoxy groups -OCH3 is 1. The van der Waals surface area contributed by atoms with Gasteiger partial charge in [0.25, 0.3) is 0 Å². The smallest absolute Gasteiger partial charge is 0.325 e. The quantitative estimate of drug-likeness (QED) is 0.833. The Hall–Kier alpha value is -1.37. The first-order valence-electron chi connectivity index (χ1n) is 5.94. The molecule has 1 atom stereocenters. The van der Waals surface area contributed by atoms with Crippen LogP contribution in [0, 0.1) is 0 Å². The number of hydrogen-bond donors (Lipinski definition) is 2. The van der Waals surface area contributed by atoms with E-state index >= 15 is 0 Å². The van der Waals surface area contributed by atoms with Gasteiger partial charge in [-0.25, -0.2) is 0 Å². The molecule has 1 unspecified atom stereocenters. The first kappa shape index (κ1) is 15.0. The van der Waals surface area contributed by atoms with E-state index in [1.54, 1.807) is 36.6 Å². The summed E-state index contributed by atoms with van der Waals surface area (Å²) < 4.78 is 5.88. The van der Waals surface area contributed by atoms with Crippen LogP contribution in [0.4, 0.5) is 0 Å². The van der Waals surface area contributed by atoms with Gasteiger partial charge in [0, 0.05) is 11.4 Å². The van der Waals surface area contributed by atoms with Crippen molar-refractivity contribution < 1.29 is 14.6 Å². The van der Waals surface area contributed by atoms with Gasteiger partial charge in [0.05, 0.1) is 11.6 Å². The molecule has 2 rings (SSSR count). The maximum Gasteiger partial charge on any atom is 0.325 e. The molecule has 2 N–H and O–H groups in total. The average molecular weight is 356 g/mol. The zero-order valence-corrected chi connectivity index (χ0v) is 13.2. The highest BCUT2D eigenvalue weighted by Gasteiger charge is 2.20. The molecule has 0 radical (unpaired) electrons. The third kappa shape index (κ3) is 3.59. The van der Waals surface area contributed by atoms with Gasteiger partial charge in [-0.2, -0.15) is 0 Å². The Morgan fingerprint density at radius 2 is 2.30 bits per heavy atom. The lowest BCUT2D eigenvalue weighted by Crippen LogP contribution is -2.27. The van der Waals surface area contributed by atoms with Gasteiger partial charge in [-0.1, -0.05) is 12.1 Å². The van der Waals surface area contributed by atoms with E-state index in [-0.39, 0.29) is 0 Å². The lowest BCUT2D eigenvalue weighted by molar-refractivity contribution is -0.139. The summed E-state index contributed by atoms with van der Waals surface area (Å²) in [6, 6.07) is 8.44. The molecule has 4 nitrogen and oxygen atoms in total. The van der Waals surface area contributed by atoms with Gasteiger partial charge >= 0.3 is 5.97 Å². The highest BCUT2D eigenvalue weighted by Crippen LogP contribution is 2.28. The van der Waals surface area contributed by atoms with Crippen molar-refractivity contribution in [2.24, 2.45) is 0 Å². The molecule has 0 saturated heterocycles. The second-order valence-electron chi connectivity index (χ2n) is 4.13. The van der Waals surface area contributed by atoms with Crippen LogP contribution in [0.15, 0.2) is 40.2 Å². The Morgan fingerprint density at radius 1 is 1.50 bits per heavy atom. The van der Waals surface area contributed by atoms with E-state index in [0.717, 1.165) is 9.35 Å². The maximum absolute atomic E-state index is 11.4. The third-order valence-electron chi connectivity index (χ3n) is 2.82. The molecule has 106 valence electrons. The standard InChI is InChI=1S/C14H14BrNO3S/c1-19-12-5-4-9(7-11(12)15)13(14(17)18)16-8-10-3-2-6-20-10/h2-7,13,16H,8H2,1H3,(H,17,18). The van der Waals surface area contributed by atoms with Crippen molar-refractivity contribution in [2.75, 3.05) is 7.11 Å². The van der Waals surface area contributed by atoms with Gasteiger partial charge in [-0.15, -0.1) is 11.3 Å². The van der Waals surface area contributed by atoms with Gasteiger partial charge < -0.3 is 9.84 Å². The number of carboxylic acids is 1. The number of hydrogen-bond acceptors (Lipinski definition) is 4. The van der Waals surface area contributed by atoms with Crippen molar-refractivity contribution in [3.05, 3.63) is 50.6 Å². The number of benzene rings is 1. The number of aliphatic carboxylic acids is 1. The highest BCUT2D eigenvalue weighted by atomic mass is 79.9. The first-order valence-corrected chi connectivity index (χ1v) is 7.61. The lowest BCUT2D eigenvalue weighted by Gasteiger charge is -2.15. The van der Waals surface area contributed by atoms with E-state index in [1.807, 2.05) is 17.5 Å². The summed E-state index contributed by atoms with van der Waals surface area (Å²) in [7, 11) is 1.57. The number of thiophene rings is 1. The van der Waals surface area contributed by atoms with E-state index < -0.39 is 12.0 Å². The number of ether oxygens (including phenoxy) is 1. The van der Waals surface area contributed by atoms with Crippen molar-refractivity contribution in [1.29, 1.82) is 0 Å². The molecule has 1 aromatic carbocycles. The summed E-state index contributed by atoms with van der Waals surface area (Å²) in [5, 5.41) is 14.4. The van der Waals surface area contributed by atoms with Gasteiger partial charge in [0.15, 0.2) is 0 Å². The van der Waals surface area contributed by atoms with Crippen LogP contribution in [0.3, 0.4) is 0 Å². The lowest BCUT2D eigenvalue weighted by atomic mass is 10.1. The fourth-order valence-corrected chi connectivity index (χ4v) is 3.04. The monoisotopic (exact) mass is 355 g/mol. The number of rotatable bonds is 6. The van der Waals surface area contributed by atoms with Crippen LogP contribution in [-0.2, 0) is 11.3 Å². The summed E-state index contributed by atoms with van der Waals surface area (Å²) >= 11 is 4.97. The zero-order valence-electron chi connectivity index (χ0n) is 10.8. The minimum Gasteiger partial charge on any atom is -0.496 e. The molecule has 1 aromatic heterocycles. The zero-order chi connectivity index (χ0) is 14.5. The summed E-state index contributed by atoms with van der Waals surface area (Å²) in [5.41, 5.74) is 0.682. The van der Waals surface area contributed by atoms with Gasteiger partial charge in [0.2, 0.25) is 0 Å². The van der Waals surface area contributed by atoms with Gasteiger partial charge in [0.1, 0.15) is 11.8 Å². The Labute approximate surface area is 129 Å². The molecule has 0 aliphatic carbocycles. The van der Waals surface area contributed by atoms with Crippen molar-refractivity contribution in [3.63, 3.8) is 0 Å². The third-order valence-corrected chi connectivity index (χ3v) is 4.31. The van der Waals surface area contributed by atoms with Gasteiger partial charge in [-0.3, -0.25) is 10.1 Å². The largest absolute Gasteiger partial charge is 0.496 e. The minimum absolute atomic E-state index is 0.526. The normalized spacial score (nSPS) is 12.1. The van der Waals surface area contributed by atoms with Crippen LogP contribution in [0.5, 0.6) is 5.75 Å². The SMILES string of the molecule is COc1ccc(C(NCc2cccs2)C(=O)O)cc1Br. The summed E-state index contributed by atoms with van der Waals surface area (Å²) in [5.74, 6) is -0.227. The van der Waals surface area contributed by atoms with Gasteiger partial charge in [-0.05, 0) is 45.1 Å². The summed E-state index contributed by atoms with van der Waals surface area (Å²) in [6.45, 7) is 0.526. The predicted octanol–water partition coefficient (Wildman–Crippen LogP) is 3.43. The average Bonchev–Trinajstić information content (AvgIpc) is 2.92. The second kappa shape index (κ2) is 6.88. The van der Waals surface area contributed by atoms with Crippen LogP contribution < -0.4 is 10.1 Å². The molecule has 0 spiro atoms. The molecule has 0 amide bonds. The van der Waals surface area contributed by atoms with Crippen molar-refractivity contribution >= 4 is 33.2 Å². The molecule has 0 saturated carbocycles. The maximum atomic E-state index is 11.4. The van der Waals surface area contributed by atoms with E-state index in [1.165, 1.54) is 0 Å². The highest BCUT2D eigenvalue weighted by molar-refractivity contribution is 9.10. The number of nitrogens with one attached hydrogen (secondary N) is 1. The van der Waals surface area contributed by atoms with Crippen LogP contribution in [0.1, 0.15) is 16.5 Å². The second-order valence-corrected chi connectivity index (χ2v) is 6.01. The molecule has 1 heterocycles. The number of carboxylic acid groups (broad SMARTS) is 1. The topological polar surface area (TPSA) is 58.6 Å². The number of carbonyl (C=O) groups is 1. The molecule has 20 heavy (non-hydrogen) atoms. The Morgan fingerprint density at radius 3 is 2.85 bits per heavy atom. The minimum atomic E-state index is -0.904. The fourth-order valence-electron chi connectivity index (χ4n) is 1.83. The van der Waals surface area contributed by atoms with Crippen LogP contribution in [0.25, 0.3) is 0 Å². The van der Waals surface area contributed by atoms with Crippen molar-refractivity contribution in [3.8, 4) is 5.75 Å². The molecule has 0 aliphatic rings. The molecule has 2 aromatic rings. The molecule has 0 aliphatic heterocycles. The van der Waals surface area contributed by atoms with E-state index in [9.17, 15) is 9.90 Å². The number of halogens is 1. The van der Waals surface area contributed by atoms with Crippen molar-refractivity contribution in [2.45, 2.75) is 12.6 Å². The van der Waals surface area contributed by atoms with Crippen LogP contribution in [0.2, 0.25) is 0 Å². The van der Waals surface area contributed by atoms with Crippen molar-refractivity contribution in [1.82, 2.24) is 5.32 Å². The Balaban J connectivity index is 2.15. The Kier molecular flexibility index (Phi) is 5.17. The molecule has 0 bridgehead atoms.